The van der Waals surface area contributed by atoms with E-state index < -0.39 is 0 Å². The van der Waals surface area contributed by atoms with Gasteiger partial charge in [-0.3, -0.25) is 0 Å². The first kappa shape index (κ1) is 53.0. The highest BCUT2D eigenvalue weighted by Crippen LogP contribution is 2.48. The molecule has 5 aliphatic rings. The van der Waals surface area contributed by atoms with Crippen LogP contribution in [0.4, 0.5) is 0 Å². The van der Waals surface area contributed by atoms with Crippen molar-refractivity contribution >= 4 is 0 Å². The largest absolute Gasteiger partial charge is 0.0625 e. The number of hydrogen-bond donors (Lipinski definition) is 0. The fraction of sp³-hybridized carbons (Fsp3) is 1.00. The predicted octanol–water partition coefficient (Wildman–Crippen LogP) is 18.6. The van der Waals surface area contributed by atoms with Crippen molar-refractivity contribution in [2.45, 2.75) is 235 Å². The third kappa shape index (κ3) is 20.7. The molecule has 6 atom stereocenters. The molecule has 0 aliphatic heterocycles. The fourth-order valence-electron chi connectivity index (χ4n) is 11.0. The number of hydrogen-bond acceptors (Lipinski definition) is 0. The van der Waals surface area contributed by atoms with Crippen LogP contribution in [0, 0.1) is 118 Å². The van der Waals surface area contributed by atoms with Gasteiger partial charge in [0, 0.05) is 0 Å². The van der Waals surface area contributed by atoms with Crippen LogP contribution in [-0.2, 0) is 0 Å². The molecule has 55 heavy (non-hydrogen) atoms. The molecule has 5 saturated carbocycles. The normalized spacial score (nSPS) is 32.2. The van der Waals surface area contributed by atoms with Crippen molar-refractivity contribution in [2.75, 3.05) is 0 Å². The highest BCUT2D eigenvalue weighted by atomic mass is 14.5. The lowest BCUT2D eigenvalue weighted by Crippen LogP contribution is -2.30. The molecule has 0 saturated heterocycles. The van der Waals surface area contributed by atoms with Crippen molar-refractivity contribution < 1.29 is 0 Å². The molecule has 0 bridgehead atoms. The highest BCUT2D eigenvalue weighted by molar-refractivity contribution is 4.90. The third-order valence-corrected chi connectivity index (χ3v) is 16.7. The minimum atomic E-state index is 0.908. The van der Waals surface area contributed by atoms with Gasteiger partial charge in [0.25, 0.3) is 0 Å². The maximum atomic E-state index is 2.39. The molecular weight excluding hydrogens is 661 g/mol. The van der Waals surface area contributed by atoms with Crippen molar-refractivity contribution in [3.63, 3.8) is 0 Å². The van der Waals surface area contributed by atoms with Gasteiger partial charge in [-0.1, -0.05) is 158 Å². The Balaban J connectivity index is 0.000000346. The Bertz CT molecular complexity index is 830. The van der Waals surface area contributed by atoms with Crippen molar-refractivity contribution in [1.29, 1.82) is 0 Å². The van der Waals surface area contributed by atoms with Gasteiger partial charge >= 0.3 is 0 Å². The Morgan fingerprint density at radius 2 is 0.400 bits per heavy atom. The standard InChI is InChI=1S/C13H26.C12H24.C11H22.C10H20.C9H18/c1-10(2)12-6-5-7-13(9-8-12)11(3)4;1-9(2)11-5-7-12(8-6-11)10(3)4;1-8(2)10-5-6-11(7-10)9(3)4;1-7(2)9-5-10(6-9)8(3)4;1-6(2)8-5-9(8)7(3)4/h10-13H,5-9H2,1-4H3;9-12H,5-8H2,1-4H3;8-11H,5-7H2,1-4H3;7-10H,5-6H2,1-4H3;6-9H,5H2,1-4H3. The molecule has 5 fully saturated rings. The predicted molar refractivity (Wildman–Crippen MR) is 253 cm³/mol. The molecule has 330 valence electrons. The zero-order valence-corrected chi connectivity index (χ0v) is 42.2. The lowest BCUT2D eigenvalue weighted by Gasteiger charge is -2.40. The highest BCUT2D eigenvalue weighted by Gasteiger charge is 2.40. The molecule has 0 nitrogen and oxygen atoms in total. The average Bonchev–Trinajstić information content (AvgIpc) is 3.80. The van der Waals surface area contributed by atoms with Gasteiger partial charge in [-0.05, 0) is 195 Å². The van der Waals surface area contributed by atoms with Gasteiger partial charge in [0.2, 0.25) is 0 Å². The fourth-order valence-corrected chi connectivity index (χ4v) is 11.0. The minimum absolute atomic E-state index is 0.908. The zero-order chi connectivity index (χ0) is 42.2. The van der Waals surface area contributed by atoms with E-state index in [-0.39, 0.29) is 0 Å². The summed E-state index contributed by atoms with van der Waals surface area (Å²) in [6.45, 7) is 47.3. The zero-order valence-electron chi connectivity index (χ0n) is 42.2. The van der Waals surface area contributed by atoms with E-state index >= 15 is 0 Å². The van der Waals surface area contributed by atoms with Gasteiger partial charge < -0.3 is 0 Å². The molecule has 0 N–H and O–H groups in total. The minimum Gasteiger partial charge on any atom is -0.0625 e. The topological polar surface area (TPSA) is 0 Å². The van der Waals surface area contributed by atoms with Gasteiger partial charge in [0.1, 0.15) is 0 Å². The van der Waals surface area contributed by atoms with E-state index in [4.69, 9.17) is 0 Å². The maximum absolute atomic E-state index is 2.39. The Labute approximate surface area is 351 Å². The van der Waals surface area contributed by atoms with Crippen LogP contribution in [0.2, 0.25) is 0 Å². The SMILES string of the molecule is CC(C)C1CC(C(C)C)C1.CC(C)C1CC1C(C)C.CC(C)C1CCC(C(C)C)C1.CC(C)C1CCC(C(C)C)CC1.CC(C)C1CCCC(C(C)C)CC1. The summed E-state index contributed by atoms with van der Waals surface area (Å²) in [5, 5.41) is 0. The first-order valence-corrected chi connectivity index (χ1v) is 25.6. The van der Waals surface area contributed by atoms with E-state index in [2.05, 4.69) is 138 Å². The molecule has 0 amide bonds. The summed E-state index contributed by atoms with van der Waals surface area (Å²) in [4.78, 5) is 0. The summed E-state index contributed by atoms with van der Waals surface area (Å²) in [7, 11) is 0. The molecule has 0 spiro atoms. The molecule has 0 aromatic heterocycles. The molecule has 0 radical (unpaired) electrons. The summed E-state index contributed by atoms with van der Waals surface area (Å²) in [6, 6.07) is 0. The van der Waals surface area contributed by atoms with Crippen LogP contribution >= 0.6 is 0 Å². The lowest BCUT2D eigenvalue weighted by molar-refractivity contribution is 0.102. The van der Waals surface area contributed by atoms with Crippen molar-refractivity contribution in [2.24, 2.45) is 118 Å². The Kier molecular flexibility index (Phi) is 26.0. The summed E-state index contributed by atoms with van der Waals surface area (Å²) >= 11 is 0. The molecule has 5 aliphatic carbocycles. The summed E-state index contributed by atoms with van der Waals surface area (Å²) in [5.41, 5.74) is 0. The van der Waals surface area contributed by atoms with E-state index in [9.17, 15) is 0 Å². The van der Waals surface area contributed by atoms with E-state index in [1.807, 2.05) is 0 Å². The van der Waals surface area contributed by atoms with E-state index in [0.717, 1.165) is 118 Å². The summed E-state index contributed by atoms with van der Waals surface area (Å²) < 4.78 is 0. The van der Waals surface area contributed by atoms with Crippen LogP contribution in [0.15, 0.2) is 0 Å². The smallest absolute Gasteiger partial charge is 0.0357 e. The van der Waals surface area contributed by atoms with Gasteiger partial charge in [-0.25, -0.2) is 0 Å². The Morgan fingerprint density at radius 1 is 0.200 bits per heavy atom. The monoisotopic (exact) mass is 771 g/mol. The van der Waals surface area contributed by atoms with Gasteiger partial charge in [0.05, 0.1) is 0 Å². The van der Waals surface area contributed by atoms with Crippen LogP contribution < -0.4 is 0 Å². The summed E-state index contributed by atoms with van der Waals surface area (Å²) in [5.74, 6) is 19.6. The molecule has 5 rings (SSSR count). The van der Waals surface area contributed by atoms with E-state index in [1.54, 1.807) is 0 Å². The van der Waals surface area contributed by atoms with Crippen LogP contribution in [0.3, 0.4) is 0 Å². The Morgan fingerprint density at radius 3 is 0.582 bits per heavy atom. The van der Waals surface area contributed by atoms with Crippen molar-refractivity contribution in [3.8, 4) is 0 Å². The Hall–Kier alpha value is 0. The molecule has 6 unspecified atom stereocenters. The maximum Gasteiger partial charge on any atom is -0.0357 e. The van der Waals surface area contributed by atoms with Gasteiger partial charge in [0.15, 0.2) is 0 Å². The first-order chi connectivity index (χ1) is 25.6. The van der Waals surface area contributed by atoms with Crippen molar-refractivity contribution in [1.82, 2.24) is 0 Å². The van der Waals surface area contributed by atoms with Crippen molar-refractivity contribution in [3.05, 3.63) is 0 Å². The average molecular weight is 771 g/mol. The number of rotatable bonds is 10. The van der Waals surface area contributed by atoms with E-state index in [0.29, 0.717) is 0 Å². The van der Waals surface area contributed by atoms with Crippen LogP contribution in [-0.4, -0.2) is 0 Å². The first-order valence-electron chi connectivity index (χ1n) is 25.6. The molecule has 0 heterocycles. The van der Waals surface area contributed by atoms with Crippen LogP contribution in [0.25, 0.3) is 0 Å². The second-order valence-electron chi connectivity index (χ2n) is 24.0. The van der Waals surface area contributed by atoms with E-state index in [1.165, 1.54) is 96.3 Å². The summed E-state index contributed by atoms with van der Waals surface area (Å²) in [6.07, 6.45) is 22.3. The lowest BCUT2D eigenvalue weighted by atomic mass is 9.65. The molecular formula is C55H110. The quantitative estimate of drug-likeness (QED) is 0.194. The third-order valence-electron chi connectivity index (χ3n) is 16.7. The van der Waals surface area contributed by atoms with Crippen LogP contribution in [0.1, 0.15) is 235 Å². The molecule has 0 aromatic carbocycles. The van der Waals surface area contributed by atoms with Gasteiger partial charge in [-0.15, -0.1) is 0 Å². The second-order valence-corrected chi connectivity index (χ2v) is 24.0. The van der Waals surface area contributed by atoms with Gasteiger partial charge in [-0.2, -0.15) is 0 Å². The van der Waals surface area contributed by atoms with Crippen LogP contribution in [0.5, 0.6) is 0 Å². The second kappa shape index (κ2) is 27.0. The molecule has 0 heteroatoms. The molecule has 0 aromatic rings.